The van der Waals surface area contributed by atoms with Crippen LogP contribution in [0.2, 0.25) is 5.02 Å². The van der Waals surface area contributed by atoms with Crippen molar-refractivity contribution in [3.63, 3.8) is 0 Å². The van der Waals surface area contributed by atoms with Gasteiger partial charge in [0.25, 0.3) is 0 Å². The number of carboxylic acids is 1. The molecule has 2 unspecified atom stereocenters. The van der Waals surface area contributed by atoms with E-state index in [4.69, 9.17) is 26.2 Å². The summed E-state index contributed by atoms with van der Waals surface area (Å²) in [5, 5.41) is 11.8. The van der Waals surface area contributed by atoms with E-state index >= 15 is 0 Å². The molecule has 2 N–H and O–H groups in total. The number of hydrogen-bond donors (Lipinski definition) is 2. The lowest BCUT2D eigenvalue weighted by Gasteiger charge is -2.17. The van der Waals surface area contributed by atoms with E-state index in [0.717, 1.165) is 0 Å². The van der Waals surface area contributed by atoms with Crippen LogP contribution in [0.25, 0.3) is 0 Å². The molecule has 20 heavy (non-hydrogen) atoms. The van der Waals surface area contributed by atoms with E-state index in [1.54, 1.807) is 0 Å². The van der Waals surface area contributed by atoms with Gasteiger partial charge in [0.05, 0.1) is 20.1 Å². The molecule has 2 atom stereocenters. The molecule has 1 saturated heterocycles. The largest absolute Gasteiger partial charge is 0.493 e. The fraction of sp³-hybridized carbons (Fsp3) is 0.462. The van der Waals surface area contributed by atoms with Crippen LogP contribution >= 0.6 is 11.6 Å². The summed E-state index contributed by atoms with van der Waals surface area (Å²) in [7, 11) is 2.80. The van der Waals surface area contributed by atoms with Gasteiger partial charge in [0, 0.05) is 18.2 Å². The molecule has 2 rings (SSSR count). The van der Waals surface area contributed by atoms with Gasteiger partial charge in [0.15, 0.2) is 17.3 Å². The van der Waals surface area contributed by atoms with Gasteiger partial charge < -0.3 is 19.9 Å². The Balaban J connectivity index is 2.38. The first-order valence-corrected chi connectivity index (χ1v) is 6.43. The Hall–Kier alpha value is -1.53. The Morgan fingerprint density at radius 1 is 1.50 bits per heavy atom. The third-order valence-corrected chi connectivity index (χ3v) is 3.77. The first-order valence-electron chi connectivity index (χ1n) is 6.05. The van der Waals surface area contributed by atoms with Crippen LogP contribution in [0.3, 0.4) is 0 Å². The molecule has 1 aromatic carbocycles. The van der Waals surface area contributed by atoms with Crippen molar-refractivity contribution >= 4 is 17.6 Å². The minimum absolute atomic E-state index is 0.128. The Bertz CT molecular complexity index is 538. The van der Waals surface area contributed by atoms with E-state index in [1.165, 1.54) is 20.3 Å². The molecule has 1 aromatic rings. The predicted molar refractivity (Wildman–Crippen MR) is 71.0 cm³/mol. The van der Waals surface area contributed by atoms with Gasteiger partial charge in [-0.05, 0) is 12.5 Å². The molecule has 7 heteroatoms. The maximum absolute atomic E-state index is 14.3. The molecule has 1 heterocycles. The fourth-order valence-corrected chi connectivity index (χ4v) is 2.64. The van der Waals surface area contributed by atoms with Crippen molar-refractivity contribution in [2.75, 3.05) is 20.8 Å². The zero-order chi connectivity index (χ0) is 14.9. The van der Waals surface area contributed by atoms with E-state index in [1.807, 2.05) is 0 Å². The monoisotopic (exact) mass is 303 g/mol. The molecule has 0 aliphatic carbocycles. The lowest BCUT2D eigenvalue weighted by molar-refractivity contribution is -0.141. The second kappa shape index (κ2) is 5.85. The van der Waals surface area contributed by atoms with E-state index in [9.17, 15) is 9.18 Å². The van der Waals surface area contributed by atoms with Crippen LogP contribution in [0.1, 0.15) is 18.0 Å². The van der Waals surface area contributed by atoms with Gasteiger partial charge >= 0.3 is 5.97 Å². The van der Waals surface area contributed by atoms with Crippen LogP contribution in [-0.2, 0) is 4.79 Å². The number of benzene rings is 1. The Kier molecular flexibility index (Phi) is 4.35. The molecule has 5 nitrogen and oxygen atoms in total. The number of rotatable bonds is 4. The first kappa shape index (κ1) is 14.9. The second-order valence-corrected chi connectivity index (χ2v) is 4.94. The number of carbonyl (C=O) groups is 1. The highest BCUT2D eigenvalue weighted by Crippen LogP contribution is 2.42. The number of hydrogen-bond acceptors (Lipinski definition) is 4. The van der Waals surface area contributed by atoms with Crippen molar-refractivity contribution in [3.8, 4) is 11.5 Å². The second-order valence-electron chi connectivity index (χ2n) is 4.56. The Labute approximate surface area is 120 Å². The minimum atomic E-state index is -0.896. The third kappa shape index (κ3) is 2.53. The molecule has 0 bridgehead atoms. The summed E-state index contributed by atoms with van der Waals surface area (Å²) in [6.45, 7) is 0.297. The highest BCUT2D eigenvalue weighted by atomic mass is 35.5. The summed E-state index contributed by atoms with van der Waals surface area (Å²) >= 11 is 5.94. The number of methoxy groups -OCH3 is 2. The van der Waals surface area contributed by atoms with Crippen molar-refractivity contribution in [3.05, 3.63) is 22.5 Å². The average molecular weight is 304 g/mol. The van der Waals surface area contributed by atoms with Gasteiger partial charge in [-0.1, -0.05) is 11.6 Å². The number of carboxylic acid groups (broad SMARTS) is 1. The molecule has 0 amide bonds. The van der Waals surface area contributed by atoms with Crippen molar-refractivity contribution in [2.45, 2.75) is 12.5 Å². The summed E-state index contributed by atoms with van der Waals surface area (Å²) in [4.78, 5) is 10.9. The van der Waals surface area contributed by atoms with E-state index in [0.29, 0.717) is 18.7 Å². The molecule has 1 aliphatic heterocycles. The van der Waals surface area contributed by atoms with Gasteiger partial charge in [0.2, 0.25) is 0 Å². The van der Waals surface area contributed by atoms with Gasteiger partial charge in [0.1, 0.15) is 5.02 Å². The summed E-state index contributed by atoms with van der Waals surface area (Å²) < 4.78 is 24.4. The Morgan fingerprint density at radius 3 is 2.70 bits per heavy atom. The number of aliphatic carboxylic acids is 1. The molecule has 1 fully saturated rings. The summed E-state index contributed by atoms with van der Waals surface area (Å²) in [5.41, 5.74) is 0.288. The molecule has 0 saturated carbocycles. The van der Waals surface area contributed by atoms with Crippen molar-refractivity contribution in [2.24, 2.45) is 5.92 Å². The summed E-state index contributed by atoms with van der Waals surface area (Å²) in [5.74, 6) is -1.61. The topological polar surface area (TPSA) is 67.8 Å². The van der Waals surface area contributed by atoms with E-state index < -0.39 is 23.7 Å². The molecular weight excluding hydrogens is 289 g/mol. The molecule has 0 radical (unpaired) electrons. The number of halogens is 2. The lowest BCUT2D eigenvalue weighted by Crippen LogP contribution is -2.17. The quantitative estimate of drug-likeness (QED) is 0.893. The molecule has 0 aromatic heterocycles. The Morgan fingerprint density at radius 2 is 2.20 bits per heavy atom. The minimum Gasteiger partial charge on any atom is -0.493 e. The summed E-state index contributed by atoms with van der Waals surface area (Å²) in [6, 6.07) is 1.08. The fourth-order valence-electron chi connectivity index (χ4n) is 2.36. The van der Waals surface area contributed by atoms with Crippen LogP contribution in [0.4, 0.5) is 4.39 Å². The normalized spacial score (nSPS) is 21.8. The highest BCUT2D eigenvalue weighted by molar-refractivity contribution is 6.32. The van der Waals surface area contributed by atoms with E-state index in [2.05, 4.69) is 5.32 Å². The van der Waals surface area contributed by atoms with Gasteiger partial charge in [-0.15, -0.1) is 0 Å². The number of ether oxygens (including phenoxy) is 2. The predicted octanol–water partition coefficient (Wildman–Crippen LogP) is 2.23. The van der Waals surface area contributed by atoms with Gasteiger partial charge in [-0.25, -0.2) is 4.39 Å². The van der Waals surface area contributed by atoms with Gasteiger partial charge in [-0.3, -0.25) is 4.79 Å². The van der Waals surface area contributed by atoms with Crippen molar-refractivity contribution < 1.29 is 23.8 Å². The van der Waals surface area contributed by atoms with Crippen molar-refractivity contribution in [1.82, 2.24) is 5.32 Å². The van der Waals surface area contributed by atoms with Crippen LogP contribution in [0.15, 0.2) is 6.07 Å². The van der Waals surface area contributed by atoms with Crippen LogP contribution in [0.5, 0.6) is 11.5 Å². The molecule has 1 aliphatic rings. The molecule has 110 valence electrons. The lowest BCUT2D eigenvalue weighted by atomic mass is 9.99. The SMILES string of the molecule is COc1cc(C2CC(C(=O)O)CN2)c(F)c(Cl)c1OC. The standard InChI is InChI=1S/C13H15ClFNO4/c1-19-9-4-7(11(15)10(14)12(9)20-2)8-3-6(5-16-8)13(17)18/h4,6,8,16H,3,5H2,1-2H3,(H,17,18). The highest BCUT2D eigenvalue weighted by Gasteiger charge is 2.33. The van der Waals surface area contributed by atoms with Crippen LogP contribution in [-0.4, -0.2) is 31.8 Å². The van der Waals surface area contributed by atoms with Crippen molar-refractivity contribution in [1.29, 1.82) is 0 Å². The van der Waals surface area contributed by atoms with Crippen LogP contribution < -0.4 is 14.8 Å². The number of nitrogens with one attached hydrogen (secondary N) is 1. The smallest absolute Gasteiger partial charge is 0.307 e. The van der Waals surface area contributed by atoms with Crippen LogP contribution in [0, 0.1) is 11.7 Å². The average Bonchev–Trinajstić information content (AvgIpc) is 2.91. The first-order chi connectivity index (χ1) is 9.49. The zero-order valence-electron chi connectivity index (χ0n) is 11.1. The maximum Gasteiger partial charge on any atom is 0.307 e. The van der Waals surface area contributed by atoms with Gasteiger partial charge in [-0.2, -0.15) is 0 Å². The summed E-state index contributed by atoms with van der Waals surface area (Å²) in [6.07, 6.45) is 0.304. The van der Waals surface area contributed by atoms with E-state index in [-0.39, 0.29) is 16.3 Å². The zero-order valence-corrected chi connectivity index (χ0v) is 11.8. The maximum atomic E-state index is 14.3. The molecule has 0 spiro atoms. The molecular formula is C13H15ClFNO4. The third-order valence-electron chi connectivity index (χ3n) is 3.44.